The highest BCUT2D eigenvalue weighted by molar-refractivity contribution is 7.89. The molecule has 1 aromatic carbocycles. The molecule has 9 heteroatoms. The third kappa shape index (κ3) is 2.85. The van der Waals surface area contributed by atoms with Gasteiger partial charge in [0.1, 0.15) is 10.6 Å². The summed E-state index contributed by atoms with van der Waals surface area (Å²) in [4.78, 5) is 9.99. The monoisotopic (exact) mass is 316 g/mol. The lowest BCUT2D eigenvalue weighted by Crippen LogP contribution is -2.37. The minimum atomic E-state index is -3.86. The molecule has 1 fully saturated rings. The topological polar surface area (TPSA) is 110 Å². The lowest BCUT2D eigenvalue weighted by Gasteiger charge is -2.23. The Morgan fingerprint density at radius 2 is 2.24 bits per heavy atom. The second-order valence-electron chi connectivity index (χ2n) is 4.69. The quantitative estimate of drug-likeness (QED) is 0.634. The van der Waals surface area contributed by atoms with Crippen LogP contribution in [0.3, 0.4) is 0 Å². The Balaban J connectivity index is 2.47. The van der Waals surface area contributed by atoms with Gasteiger partial charge in [-0.1, -0.05) is 0 Å². The predicted octanol–water partition coefficient (Wildman–Crippen LogP) is 0.749. The van der Waals surface area contributed by atoms with Crippen LogP contribution in [0.1, 0.15) is 12.8 Å². The number of hydrogen-bond donors (Lipinski definition) is 1. The number of methoxy groups -OCH3 is 1. The van der Waals surface area contributed by atoms with Crippen molar-refractivity contribution in [2.45, 2.75) is 23.8 Å². The van der Waals surface area contributed by atoms with Crippen LogP contribution in [0.2, 0.25) is 0 Å². The number of non-ortho nitro benzene ring substituents is 1. The van der Waals surface area contributed by atoms with E-state index in [0.29, 0.717) is 19.4 Å². The summed E-state index contributed by atoms with van der Waals surface area (Å²) >= 11 is 0. The van der Waals surface area contributed by atoms with Gasteiger partial charge in [-0.3, -0.25) is 10.1 Å². The summed E-state index contributed by atoms with van der Waals surface area (Å²) in [6.07, 6.45) is 1.25. The molecule has 0 spiro atoms. The van der Waals surface area contributed by atoms with E-state index >= 15 is 0 Å². The van der Waals surface area contributed by atoms with E-state index in [2.05, 4.69) is 0 Å². The molecule has 116 valence electrons. The first-order chi connectivity index (χ1) is 9.91. The van der Waals surface area contributed by atoms with Crippen molar-refractivity contribution in [3.8, 4) is 5.75 Å². The maximum absolute atomic E-state index is 12.6. The predicted molar refractivity (Wildman–Crippen MR) is 73.6 cm³/mol. The van der Waals surface area contributed by atoms with Crippen molar-refractivity contribution in [1.82, 2.24) is 4.31 Å². The highest BCUT2D eigenvalue weighted by atomic mass is 32.2. The summed E-state index contributed by atoms with van der Waals surface area (Å²) in [6, 6.07) is 2.91. The van der Waals surface area contributed by atoms with Gasteiger partial charge < -0.3 is 9.84 Å². The van der Waals surface area contributed by atoms with Crippen molar-refractivity contribution >= 4 is 15.7 Å². The molecule has 1 aliphatic heterocycles. The fraction of sp³-hybridized carbons (Fsp3) is 0.500. The molecule has 0 aromatic heterocycles. The third-order valence-electron chi connectivity index (χ3n) is 3.48. The highest BCUT2D eigenvalue weighted by Crippen LogP contribution is 2.33. The summed E-state index contributed by atoms with van der Waals surface area (Å²) in [6.45, 7) is 0.0578. The second kappa shape index (κ2) is 5.96. The summed E-state index contributed by atoms with van der Waals surface area (Å²) in [5.41, 5.74) is -0.245. The number of aliphatic hydroxyl groups excluding tert-OH is 1. The largest absolute Gasteiger partial charge is 0.495 e. The van der Waals surface area contributed by atoms with E-state index in [1.54, 1.807) is 0 Å². The van der Waals surface area contributed by atoms with E-state index < -0.39 is 21.0 Å². The molecule has 0 amide bonds. The van der Waals surface area contributed by atoms with Gasteiger partial charge in [-0.15, -0.1) is 0 Å². The molecule has 1 aromatic rings. The first-order valence-corrected chi connectivity index (χ1v) is 7.81. The first kappa shape index (κ1) is 15.7. The number of ether oxygens (including phenoxy) is 1. The van der Waals surface area contributed by atoms with Crippen LogP contribution in [-0.2, 0) is 10.0 Å². The average Bonchev–Trinajstić information content (AvgIpc) is 2.95. The summed E-state index contributed by atoms with van der Waals surface area (Å²) in [5.74, 6) is -0.0761. The van der Waals surface area contributed by atoms with E-state index in [1.165, 1.54) is 17.5 Å². The van der Waals surface area contributed by atoms with Crippen LogP contribution in [-0.4, -0.2) is 49.1 Å². The first-order valence-electron chi connectivity index (χ1n) is 6.37. The minimum absolute atomic E-state index is 0.0761. The Bertz CT molecular complexity index is 645. The number of nitro groups is 1. The molecule has 0 saturated carbocycles. The number of benzene rings is 1. The number of aliphatic hydroxyl groups is 1. The van der Waals surface area contributed by atoms with Crippen LogP contribution in [0, 0.1) is 10.1 Å². The van der Waals surface area contributed by atoms with Crippen LogP contribution in [0.5, 0.6) is 5.75 Å². The SMILES string of the molecule is COc1cc([N+](=O)[O-])ccc1S(=O)(=O)N1CCCC1CO. The Morgan fingerprint density at radius 3 is 2.81 bits per heavy atom. The van der Waals surface area contributed by atoms with Crippen molar-refractivity contribution in [1.29, 1.82) is 0 Å². The van der Waals surface area contributed by atoms with Crippen LogP contribution < -0.4 is 4.74 Å². The number of sulfonamides is 1. The zero-order valence-corrected chi connectivity index (χ0v) is 12.2. The standard InChI is InChI=1S/C12H16N2O6S/c1-20-11-7-9(14(16)17)4-5-12(11)21(18,19)13-6-2-3-10(13)8-15/h4-5,7,10,15H,2-3,6,8H2,1H3. The van der Waals surface area contributed by atoms with Crippen LogP contribution in [0.4, 0.5) is 5.69 Å². The van der Waals surface area contributed by atoms with E-state index in [1.807, 2.05) is 0 Å². The normalized spacial score (nSPS) is 19.6. The number of nitrogens with zero attached hydrogens (tertiary/aromatic N) is 2. The van der Waals surface area contributed by atoms with Crippen molar-refractivity contribution in [3.63, 3.8) is 0 Å². The fourth-order valence-electron chi connectivity index (χ4n) is 2.42. The molecule has 0 aliphatic carbocycles. The third-order valence-corrected chi connectivity index (χ3v) is 5.47. The summed E-state index contributed by atoms with van der Waals surface area (Å²) in [5, 5.41) is 20.0. The summed E-state index contributed by atoms with van der Waals surface area (Å²) < 4.78 is 31.5. The van der Waals surface area contributed by atoms with Gasteiger partial charge in [0, 0.05) is 18.7 Å². The molecule has 0 radical (unpaired) electrons. The van der Waals surface area contributed by atoms with E-state index in [4.69, 9.17) is 4.74 Å². The lowest BCUT2D eigenvalue weighted by molar-refractivity contribution is -0.385. The molecule has 1 N–H and O–H groups in total. The number of rotatable bonds is 5. The molecule has 1 saturated heterocycles. The summed E-state index contributed by atoms with van der Waals surface area (Å²) in [7, 11) is -2.60. The minimum Gasteiger partial charge on any atom is -0.495 e. The Labute approximate surface area is 122 Å². The van der Waals surface area contributed by atoms with Crippen LogP contribution in [0.25, 0.3) is 0 Å². The van der Waals surface area contributed by atoms with E-state index in [0.717, 1.165) is 12.1 Å². The molecule has 2 rings (SSSR count). The van der Waals surface area contributed by atoms with Gasteiger partial charge in [0.25, 0.3) is 5.69 Å². The van der Waals surface area contributed by atoms with Gasteiger partial charge >= 0.3 is 0 Å². The lowest BCUT2D eigenvalue weighted by atomic mass is 10.2. The average molecular weight is 316 g/mol. The van der Waals surface area contributed by atoms with Crippen molar-refractivity contribution < 1.29 is 23.2 Å². The maximum atomic E-state index is 12.6. The van der Waals surface area contributed by atoms with Crippen molar-refractivity contribution in [2.24, 2.45) is 0 Å². The van der Waals surface area contributed by atoms with Gasteiger partial charge in [-0.25, -0.2) is 8.42 Å². The Kier molecular flexibility index (Phi) is 4.45. The molecule has 8 nitrogen and oxygen atoms in total. The van der Waals surface area contributed by atoms with Crippen LogP contribution >= 0.6 is 0 Å². The zero-order valence-electron chi connectivity index (χ0n) is 11.4. The Hall–Kier alpha value is -1.71. The molecule has 1 atom stereocenters. The zero-order chi connectivity index (χ0) is 15.6. The van der Waals surface area contributed by atoms with Crippen molar-refractivity contribution in [2.75, 3.05) is 20.3 Å². The molecular formula is C12H16N2O6S. The maximum Gasteiger partial charge on any atom is 0.273 e. The van der Waals surface area contributed by atoms with Crippen molar-refractivity contribution in [3.05, 3.63) is 28.3 Å². The van der Waals surface area contributed by atoms with Gasteiger partial charge in [0.05, 0.1) is 24.7 Å². The van der Waals surface area contributed by atoms with Crippen LogP contribution in [0.15, 0.2) is 23.1 Å². The molecule has 0 bridgehead atoms. The van der Waals surface area contributed by atoms with Gasteiger partial charge in [0.15, 0.2) is 0 Å². The van der Waals surface area contributed by atoms with Gasteiger partial charge in [-0.05, 0) is 18.9 Å². The van der Waals surface area contributed by atoms with E-state index in [-0.39, 0.29) is 22.9 Å². The van der Waals surface area contributed by atoms with Gasteiger partial charge in [0.2, 0.25) is 10.0 Å². The molecule has 1 aliphatic rings. The highest BCUT2D eigenvalue weighted by Gasteiger charge is 2.36. The van der Waals surface area contributed by atoms with Gasteiger partial charge in [-0.2, -0.15) is 4.31 Å². The second-order valence-corrected chi connectivity index (χ2v) is 6.55. The molecule has 21 heavy (non-hydrogen) atoms. The molecular weight excluding hydrogens is 300 g/mol. The fourth-order valence-corrected chi connectivity index (χ4v) is 4.24. The number of hydrogen-bond acceptors (Lipinski definition) is 6. The Morgan fingerprint density at radius 1 is 1.52 bits per heavy atom. The molecule has 1 heterocycles. The smallest absolute Gasteiger partial charge is 0.273 e. The van der Waals surface area contributed by atoms with E-state index in [9.17, 15) is 23.6 Å². The molecule has 1 unspecified atom stereocenters. The number of nitro benzene ring substituents is 1.